The highest BCUT2D eigenvalue weighted by Gasteiger charge is 2.00. The fourth-order valence-corrected chi connectivity index (χ4v) is 1.34. The lowest BCUT2D eigenvalue weighted by atomic mass is 10.3. The van der Waals surface area contributed by atoms with E-state index in [0.717, 1.165) is 5.56 Å². The van der Waals surface area contributed by atoms with Crippen LogP contribution in [0.4, 0.5) is 5.69 Å². The minimum absolute atomic E-state index is 0.0956. The number of carbonyl (C=O) groups is 1. The molecule has 2 N–H and O–H groups in total. The fraction of sp³-hybridized carbons (Fsp3) is 0.250. The second-order valence-corrected chi connectivity index (χ2v) is 3.51. The van der Waals surface area contributed by atoms with Gasteiger partial charge in [-0.1, -0.05) is 11.8 Å². The number of nitrogens with zero attached hydrogens (tertiary/aromatic N) is 1. The highest BCUT2D eigenvalue weighted by molar-refractivity contribution is 8.12. The van der Waals surface area contributed by atoms with Crippen LogP contribution in [-0.2, 0) is 10.5 Å². The number of pyridine rings is 1. The van der Waals surface area contributed by atoms with Gasteiger partial charge in [-0.05, 0) is 6.07 Å². The predicted octanol–water partition coefficient (Wildman–Crippen LogP) is 1.44. The first-order chi connectivity index (χ1) is 5.70. The van der Waals surface area contributed by atoms with Gasteiger partial charge in [0.2, 0.25) is 0 Å². The maximum atomic E-state index is 10.6. The van der Waals surface area contributed by atoms with Crippen molar-refractivity contribution in [2.75, 3.05) is 5.73 Å². The van der Waals surface area contributed by atoms with Crippen molar-refractivity contribution in [3.63, 3.8) is 0 Å². The van der Waals surface area contributed by atoms with Gasteiger partial charge in [-0.25, -0.2) is 0 Å². The zero-order chi connectivity index (χ0) is 8.97. The summed E-state index contributed by atoms with van der Waals surface area (Å²) in [5, 5.41) is 0.0956. The van der Waals surface area contributed by atoms with E-state index < -0.39 is 0 Å². The summed E-state index contributed by atoms with van der Waals surface area (Å²) in [5.41, 5.74) is 7.25. The smallest absolute Gasteiger partial charge is 0.186 e. The molecule has 3 nitrogen and oxygen atoms in total. The first-order valence-corrected chi connectivity index (χ1v) is 4.50. The zero-order valence-corrected chi connectivity index (χ0v) is 7.60. The molecule has 0 bridgehead atoms. The van der Waals surface area contributed by atoms with Gasteiger partial charge in [0.05, 0.1) is 0 Å². The number of nitrogen functional groups attached to an aromatic ring is 1. The summed E-state index contributed by atoms with van der Waals surface area (Å²) in [6.45, 7) is 1.54. The van der Waals surface area contributed by atoms with Crippen molar-refractivity contribution >= 4 is 22.6 Å². The molecule has 1 heterocycles. The van der Waals surface area contributed by atoms with Crippen molar-refractivity contribution in [3.8, 4) is 0 Å². The summed E-state index contributed by atoms with van der Waals surface area (Å²) in [4.78, 5) is 14.5. The fourth-order valence-electron chi connectivity index (χ4n) is 0.738. The third-order valence-electron chi connectivity index (χ3n) is 1.37. The van der Waals surface area contributed by atoms with Crippen LogP contribution in [0.5, 0.6) is 0 Å². The van der Waals surface area contributed by atoms with Crippen LogP contribution in [0.15, 0.2) is 18.5 Å². The normalized spacial score (nSPS) is 9.75. The van der Waals surface area contributed by atoms with Gasteiger partial charge in [0, 0.05) is 36.3 Å². The van der Waals surface area contributed by atoms with Crippen LogP contribution in [0.1, 0.15) is 12.5 Å². The highest BCUT2D eigenvalue weighted by atomic mass is 32.2. The first-order valence-electron chi connectivity index (χ1n) is 3.52. The van der Waals surface area contributed by atoms with Gasteiger partial charge in [0.15, 0.2) is 5.12 Å². The quantitative estimate of drug-likeness (QED) is 0.752. The maximum Gasteiger partial charge on any atom is 0.186 e. The van der Waals surface area contributed by atoms with E-state index in [1.54, 1.807) is 18.5 Å². The Morgan fingerprint density at radius 2 is 2.50 bits per heavy atom. The maximum absolute atomic E-state index is 10.6. The lowest BCUT2D eigenvalue weighted by molar-refractivity contribution is -0.109. The van der Waals surface area contributed by atoms with Crippen molar-refractivity contribution in [1.29, 1.82) is 0 Å². The molecule has 12 heavy (non-hydrogen) atoms. The number of rotatable bonds is 2. The molecule has 0 radical (unpaired) electrons. The van der Waals surface area contributed by atoms with Crippen LogP contribution in [-0.4, -0.2) is 10.1 Å². The molecule has 0 atom stereocenters. The molecular weight excluding hydrogens is 172 g/mol. The van der Waals surface area contributed by atoms with Gasteiger partial charge in [-0.3, -0.25) is 9.78 Å². The number of thioether (sulfide) groups is 1. The molecule has 0 aliphatic rings. The molecule has 4 heteroatoms. The van der Waals surface area contributed by atoms with Crippen LogP contribution < -0.4 is 5.73 Å². The molecule has 1 aromatic heterocycles. The van der Waals surface area contributed by atoms with Crippen LogP contribution >= 0.6 is 11.8 Å². The van der Waals surface area contributed by atoms with Gasteiger partial charge in [0.1, 0.15) is 0 Å². The van der Waals surface area contributed by atoms with Crippen molar-refractivity contribution in [2.45, 2.75) is 12.7 Å². The van der Waals surface area contributed by atoms with Gasteiger partial charge in [-0.2, -0.15) is 0 Å². The molecule has 0 aliphatic carbocycles. The average molecular weight is 182 g/mol. The van der Waals surface area contributed by atoms with E-state index in [9.17, 15) is 4.79 Å². The molecule has 0 spiro atoms. The Bertz CT molecular complexity index is 288. The van der Waals surface area contributed by atoms with E-state index in [1.165, 1.54) is 18.7 Å². The van der Waals surface area contributed by atoms with Crippen LogP contribution in [0.3, 0.4) is 0 Å². The minimum Gasteiger partial charge on any atom is -0.398 e. The number of anilines is 1. The molecule has 0 amide bonds. The molecule has 0 fully saturated rings. The number of nitrogens with two attached hydrogens (primary N) is 1. The summed E-state index contributed by atoms with van der Waals surface area (Å²) in [6, 6.07) is 1.73. The predicted molar refractivity (Wildman–Crippen MR) is 50.6 cm³/mol. The first kappa shape index (κ1) is 9.06. The molecular formula is C8H10N2OS. The lowest BCUT2D eigenvalue weighted by Gasteiger charge is -2.01. The molecule has 0 aliphatic heterocycles. The monoisotopic (exact) mass is 182 g/mol. The van der Waals surface area contributed by atoms with Crippen LogP contribution in [0.2, 0.25) is 0 Å². The minimum atomic E-state index is 0.0956. The SMILES string of the molecule is CC(=O)SCc1cnccc1N. The number of carbonyl (C=O) groups excluding carboxylic acids is 1. The van der Waals surface area contributed by atoms with Crippen molar-refractivity contribution in [1.82, 2.24) is 4.98 Å². The van der Waals surface area contributed by atoms with E-state index in [4.69, 9.17) is 5.73 Å². The van der Waals surface area contributed by atoms with Crippen LogP contribution in [0, 0.1) is 0 Å². The highest BCUT2D eigenvalue weighted by Crippen LogP contribution is 2.16. The summed E-state index contributed by atoms with van der Waals surface area (Å²) in [7, 11) is 0. The second-order valence-electron chi connectivity index (χ2n) is 2.35. The lowest BCUT2D eigenvalue weighted by Crippen LogP contribution is -1.94. The Kier molecular flexibility index (Phi) is 3.10. The standard InChI is InChI=1S/C8H10N2OS/c1-6(11)12-5-7-4-10-3-2-8(7)9/h2-4H,5H2,1H3,(H2,9,10). The Hall–Kier alpha value is -1.03. The number of hydrogen-bond acceptors (Lipinski definition) is 4. The van der Waals surface area contributed by atoms with E-state index >= 15 is 0 Å². The second kappa shape index (κ2) is 4.11. The Morgan fingerprint density at radius 1 is 1.75 bits per heavy atom. The van der Waals surface area contributed by atoms with E-state index in [1.807, 2.05) is 0 Å². The Morgan fingerprint density at radius 3 is 3.08 bits per heavy atom. The Balaban J connectivity index is 2.63. The van der Waals surface area contributed by atoms with E-state index in [2.05, 4.69) is 4.98 Å². The van der Waals surface area contributed by atoms with E-state index in [0.29, 0.717) is 11.4 Å². The van der Waals surface area contributed by atoms with Gasteiger partial charge in [0.25, 0.3) is 0 Å². The Labute approximate surface area is 75.4 Å². The van der Waals surface area contributed by atoms with E-state index in [-0.39, 0.29) is 5.12 Å². The average Bonchev–Trinajstić information content (AvgIpc) is 2.03. The molecule has 64 valence electrons. The van der Waals surface area contributed by atoms with Crippen molar-refractivity contribution in [3.05, 3.63) is 24.0 Å². The van der Waals surface area contributed by atoms with Crippen molar-refractivity contribution < 1.29 is 4.79 Å². The summed E-state index contributed by atoms with van der Waals surface area (Å²) >= 11 is 1.24. The van der Waals surface area contributed by atoms with Crippen molar-refractivity contribution in [2.24, 2.45) is 0 Å². The third-order valence-corrected chi connectivity index (χ3v) is 2.23. The number of aromatic nitrogens is 1. The summed E-state index contributed by atoms with van der Waals surface area (Å²) < 4.78 is 0. The molecule has 0 saturated heterocycles. The zero-order valence-electron chi connectivity index (χ0n) is 6.78. The largest absolute Gasteiger partial charge is 0.398 e. The van der Waals surface area contributed by atoms with Crippen LogP contribution in [0.25, 0.3) is 0 Å². The number of hydrogen-bond donors (Lipinski definition) is 1. The molecule has 0 saturated carbocycles. The molecule has 0 aromatic carbocycles. The third kappa shape index (κ3) is 2.54. The van der Waals surface area contributed by atoms with Gasteiger partial charge >= 0.3 is 0 Å². The summed E-state index contributed by atoms with van der Waals surface area (Å²) in [5.74, 6) is 0.606. The summed E-state index contributed by atoms with van der Waals surface area (Å²) in [6.07, 6.45) is 3.32. The molecule has 1 aromatic rings. The topological polar surface area (TPSA) is 56.0 Å². The van der Waals surface area contributed by atoms with Gasteiger partial charge < -0.3 is 5.73 Å². The molecule has 0 unspecified atom stereocenters. The molecule has 1 rings (SSSR count). The van der Waals surface area contributed by atoms with Gasteiger partial charge in [-0.15, -0.1) is 0 Å².